The van der Waals surface area contributed by atoms with Crippen molar-refractivity contribution in [1.82, 2.24) is 20.1 Å². The number of nitrogens with zero attached hydrogens (tertiary/aromatic N) is 3. The van der Waals surface area contributed by atoms with Crippen molar-refractivity contribution in [3.05, 3.63) is 101 Å². The van der Waals surface area contributed by atoms with Crippen LogP contribution in [0.3, 0.4) is 0 Å². The Morgan fingerprint density at radius 2 is 1.75 bits per heavy atom. The number of nitrogens with one attached hydrogen (secondary N) is 1. The van der Waals surface area contributed by atoms with Gasteiger partial charge in [-0.25, -0.2) is 0 Å². The van der Waals surface area contributed by atoms with Crippen molar-refractivity contribution in [3.8, 4) is 17.0 Å². The number of benzene rings is 2. The van der Waals surface area contributed by atoms with Crippen molar-refractivity contribution in [2.45, 2.75) is 32.4 Å². The lowest BCUT2D eigenvalue weighted by Crippen LogP contribution is -2.29. The number of rotatable bonds is 5. The summed E-state index contributed by atoms with van der Waals surface area (Å²) in [7, 11) is 0. The molecule has 0 fully saturated rings. The maximum absolute atomic E-state index is 13.5. The van der Waals surface area contributed by atoms with Gasteiger partial charge in [0.05, 0.1) is 6.04 Å². The molecule has 3 heterocycles. The smallest absolute Gasteiger partial charge is 0.273 e. The molecule has 0 spiro atoms. The van der Waals surface area contributed by atoms with Crippen LogP contribution in [0.4, 0.5) is 0 Å². The maximum atomic E-state index is 13.5. The van der Waals surface area contributed by atoms with Crippen molar-refractivity contribution in [2.24, 2.45) is 0 Å². The van der Waals surface area contributed by atoms with Gasteiger partial charge in [0.25, 0.3) is 5.91 Å². The fraction of sp³-hybridized carbons (Fsp3) is 0.192. The van der Waals surface area contributed by atoms with Crippen LogP contribution < -0.4 is 0 Å². The molecule has 2 aromatic carbocycles. The van der Waals surface area contributed by atoms with Gasteiger partial charge in [0, 0.05) is 30.1 Å². The number of phenols is 1. The molecule has 1 amide bonds. The normalized spacial score (nSPS) is 15.4. The molecule has 4 aromatic rings. The summed E-state index contributed by atoms with van der Waals surface area (Å²) in [6.07, 6.45) is 3.47. The molecule has 6 nitrogen and oxygen atoms in total. The van der Waals surface area contributed by atoms with Crippen LogP contribution in [0.2, 0.25) is 0 Å². The van der Waals surface area contributed by atoms with Gasteiger partial charge in [0.2, 0.25) is 0 Å². The van der Waals surface area contributed by atoms with Gasteiger partial charge in [0.1, 0.15) is 17.1 Å². The van der Waals surface area contributed by atoms with Crippen molar-refractivity contribution < 1.29 is 9.90 Å². The number of amides is 1. The van der Waals surface area contributed by atoms with Crippen LogP contribution >= 0.6 is 0 Å². The van der Waals surface area contributed by atoms with E-state index < -0.39 is 0 Å². The predicted octanol–water partition coefficient (Wildman–Crippen LogP) is 5.05. The third kappa shape index (κ3) is 3.34. The molecule has 0 saturated heterocycles. The third-order valence-electron chi connectivity index (χ3n) is 6.04. The van der Waals surface area contributed by atoms with E-state index in [2.05, 4.69) is 53.3 Å². The Balaban J connectivity index is 1.65. The summed E-state index contributed by atoms with van der Waals surface area (Å²) in [4.78, 5) is 19.4. The summed E-state index contributed by atoms with van der Waals surface area (Å²) < 4.78 is 0. The lowest BCUT2D eigenvalue weighted by Gasteiger charge is -2.27. The first-order valence-electron chi connectivity index (χ1n) is 10.7. The van der Waals surface area contributed by atoms with Gasteiger partial charge < -0.3 is 10.0 Å². The highest BCUT2D eigenvalue weighted by atomic mass is 16.3. The highest BCUT2D eigenvalue weighted by Gasteiger charge is 2.42. The van der Waals surface area contributed by atoms with E-state index in [1.165, 1.54) is 5.56 Å². The number of carbonyl (C=O) groups excluding carboxylic acids is 1. The number of para-hydroxylation sites is 1. The molecule has 2 aromatic heterocycles. The van der Waals surface area contributed by atoms with E-state index in [0.717, 1.165) is 16.7 Å². The highest BCUT2D eigenvalue weighted by Crippen LogP contribution is 2.45. The zero-order valence-corrected chi connectivity index (χ0v) is 18.0. The zero-order valence-electron chi connectivity index (χ0n) is 18.0. The molecule has 0 aliphatic carbocycles. The molecule has 1 aliphatic heterocycles. The van der Waals surface area contributed by atoms with Gasteiger partial charge in [-0.1, -0.05) is 50.2 Å². The van der Waals surface area contributed by atoms with Gasteiger partial charge in [-0.05, 0) is 46.9 Å². The molecule has 5 rings (SSSR count). The number of carbonyl (C=O) groups is 1. The van der Waals surface area contributed by atoms with Crippen LogP contribution in [0.15, 0.2) is 73.1 Å². The molecule has 0 saturated carbocycles. The van der Waals surface area contributed by atoms with Crippen molar-refractivity contribution in [1.29, 1.82) is 0 Å². The second-order valence-electron chi connectivity index (χ2n) is 8.39. The van der Waals surface area contributed by atoms with E-state index in [4.69, 9.17) is 0 Å². The summed E-state index contributed by atoms with van der Waals surface area (Å²) in [6, 6.07) is 19.0. The summed E-state index contributed by atoms with van der Waals surface area (Å²) >= 11 is 0. The minimum atomic E-state index is -0.319. The highest BCUT2D eigenvalue weighted by molar-refractivity contribution is 6.00. The number of fused-ring (bicyclic) bond motifs is 1. The topological polar surface area (TPSA) is 82.1 Å². The largest absolute Gasteiger partial charge is 0.507 e. The monoisotopic (exact) mass is 424 g/mol. The van der Waals surface area contributed by atoms with E-state index in [1.807, 2.05) is 29.2 Å². The molecule has 32 heavy (non-hydrogen) atoms. The Morgan fingerprint density at radius 1 is 1.03 bits per heavy atom. The summed E-state index contributed by atoms with van der Waals surface area (Å²) in [5, 5.41) is 17.9. The van der Waals surface area contributed by atoms with Crippen LogP contribution in [-0.2, 0) is 6.54 Å². The molecule has 160 valence electrons. The van der Waals surface area contributed by atoms with Crippen molar-refractivity contribution in [2.75, 3.05) is 0 Å². The number of H-pyrrole nitrogens is 1. The number of aromatic hydroxyl groups is 1. The Bertz CT molecular complexity index is 1260. The van der Waals surface area contributed by atoms with E-state index in [9.17, 15) is 9.90 Å². The Labute approximate surface area is 186 Å². The molecule has 2 N–H and O–H groups in total. The number of phenolic OH excluding ortho intramolecular Hbond substituents is 1. The number of hydrogen-bond acceptors (Lipinski definition) is 4. The number of hydrogen-bond donors (Lipinski definition) is 2. The Hall–Kier alpha value is -3.93. The number of aromatic nitrogens is 3. The second-order valence-corrected chi connectivity index (χ2v) is 8.39. The maximum Gasteiger partial charge on any atom is 0.273 e. The summed E-state index contributed by atoms with van der Waals surface area (Å²) in [5.74, 6) is 0.447. The lowest BCUT2D eigenvalue weighted by atomic mass is 9.93. The molecule has 0 unspecified atom stereocenters. The summed E-state index contributed by atoms with van der Waals surface area (Å²) in [6.45, 7) is 4.77. The third-order valence-corrected chi connectivity index (χ3v) is 6.04. The van der Waals surface area contributed by atoms with Crippen LogP contribution in [-0.4, -0.2) is 31.1 Å². The lowest BCUT2D eigenvalue weighted by molar-refractivity contribution is 0.0730. The van der Waals surface area contributed by atoms with Crippen LogP contribution in [0.1, 0.15) is 58.5 Å². The minimum absolute atomic E-state index is 0.107. The molecule has 0 bridgehead atoms. The standard InChI is InChI=1S/C26H24N4O2/c1-16(2)18-7-9-19(10-8-18)25-22-23(20-5-3-4-6-21(20)31)28-29-24(22)26(32)30(25)15-17-11-13-27-14-12-17/h3-14,16,25,31H,15H2,1-2H3,(H,28,29)/t25-/m1/s1. The van der Waals surface area contributed by atoms with Gasteiger partial charge in [0.15, 0.2) is 0 Å². The van der Waals surface area contributed by atoms with Gasteiger partial charge in [-0.15, -0.1) is 0 Å². The van der Waals surface area contributed by atoms with Crippen molar-refractivity contribution in [3.63, 3.8) is 0 Å². The van der Waals surface area contributed by atoms with E-state index in [1.54, 1.807) is 24.5 Å². The van der Waals surface area contributed by atoms with Gasteiger partial charge in [-0.3, -0.25) is 14.9 Å². The molecule has 0 radical (unpaired) electrons. The van der Waals surface area contributed by atoms with Crippen LogP contribution in [0.25, 0.3) is 11.3 Å². The molecule has 1 atom stereocenters. The van der Waals surface area contributed by atoms with Gasteiger partial charge >= 0.3 is 0 Å². The average molecular weight is 425 g/mol. The zero-order chi connectivity index (χ0) is 22.2. The molecule has 1 aliphatic rings. The fourth-order valence-electron chi connectivity index (χ4n) is 4.33. The first-order valence-corrected chi connectivity index (χ1v) is 10.7. The number of pyridine rings is 1. The summed E-state index contributed by atoms with van der Waals surface area (Å²) in [5.41, 5.74) is 5.71. The quantitative estimate of drug-likeness (QED) is 0.470. The fourth-order valence-corrected chi connectivity index (χ4v) is 4.33. The van der Waals surface area contributed by atoms with E-state index >= 15 is 0 Å². The van der Waals surface area contributed by atoms with Crippen LogP contribution in [0.5, 0.6) is 5.75 Å². The first kappa shape index (κ1) is 20.0. The van der Waals surface area contributed by atoms with Gasteiger partial charge in [-0.2, -0.15) is 5.10 Å². The Kier molecular flexibility index (Phi) is 4.98. The molecular formula is C26H24N4O2. The minimum Gasteiger partial charge on any atom is -0.507 e. The predicted molar refractivity (Wildman–Crippen MR) is 122 cm³/mol. The first-order chi connectivity index (χ1) is 15.5. The SMILES string of the molecule is CC(C)c1ccc([C@@H]2c3c(-c4ccccc4O)n[nH]c3C(=O)N2Cc2ccncc2)cc1. The molecular weight excluding hydrogens is 400 g/mol. The Morgan fingerprint density at radius 3 is 2.44 bits per heavy atom. The van der Waals surface area contributed by atoms with Crippen molar-refractivity contribution >= 4 is 5.91 Å². The van der Waals surface area contributed by atoms with Crippen LogP contribution in [0, 0.1) is 0 Å². The van der Waals surface area contributed by atoms with E-state index in [0.29, 0.717) is 29.4 Å². The molecule has 6 heteroatoms. The average Bonchev–Trinajstić information content (AvgIpc) is 3.34. The number of aromatic amines is 1. The van der Waals surface area contributed by atoms with E-state index in [-0.39, 0.29) is 17.7 Å². The second kappa shape index (κ2) is 7.96.